The van der Waals surface area contributed by atoms with E-state index in [0.717, 1.165) is 5.56 Å². The molecule has 1 rings (SSSR count). The summed E-state index contributed by atoms with van der Waals surface area (Å²) in [7, 11) is 1.63. The number of hydrogen-bond donors (Lipinski definition) is 2. The highest BCUT2D eigenvalue weighted by Crippen LogP contribution is 2.22. The van der Waals surface area contributed by atoms with Crippen molar-refractivity contribution in [2.24, 2.45) is 5.73 Å². The van der Waals surface area contributed by atoms with Crippen molar-refractivity contribution < 1.29 is 14.3 Å². The second kappa shape index (κ2) is 7.11. The third kappa shape index (κ3) is 5.04. The number of halogens is 1. The molecular weight excluding hydrogens is 244 g/mol. The van der Waals surface area contributed by atoms with Crippen molar-refractivity contribution in [3.8, 4) is 5.75 Å². The molecule has 0 aliphatic heterocycles. The number of carbonyl (C=O) groups is 1. The van der Waals surface area contributed by atoms with Crippen LogP contribution in [0, 0.1) is 0 Å². The molecular formula is C11H15ClN2O3. The smallest absolute Gasteiger partial charge is 0.409 e. The van der Waals surface area contributed by atoms with Crippen molar-refractivity contribution >= 4 is 17.7 Å². The highest BCUT2D eigenvalue weighted by molar-refractivity contribution is 6.30. The maximum absolute atomic E-state index is 10.7. The first kappa shape index (κ1) is 13.8. The molecule has 0 aliphatic carbocycles. The van der Waals surface area contributed by atoms with Crippen LogP contribution in [0.1, 0.15) is 5.56 Å². The lowest BCUT2D eigenvalue weighted by molar-refractivity contribution is 0.198. The number of amides is 1. The quantitative estimate of drug-likeness (QED) is 0.759. The second-order valence-electron chi connectivity index (χ2n) is 3.34. The van der Waals surface area contributed by atoms with Gasteiger partial charge < -0.3 is 20.5 Å². The molecule has 1 aromatic rings. The first-order valence-electron chi connectivity index (χ1n) is 5.09. The molecule has 0 aromatic heterocycles. The van der Waals surface area contributed by atoms with Crippen LogP contribution in [-0.4, -0.2) is 26.4 Å². The fourth-order valence-electron chi connectivity index (χ4n) is 1.29. The minimum absolute atomic E-state index is 0.409. The summed E-state index contributed by atoms with van der Waals surface area (Å²) in [6.45, 7) is 1.82. The van der Waals surface area contributed by atoms with Crippen LogP contribution in [0.25, 0.3) is 0 Å². The largest absolute Gasteiger partial charge is 0.410 e. The predicted octanol–water partition coefficient (Wildman–Crippen LogP) is 1.53. The predicted molar refractivity (Wildman–Crippen MR) is 65.2 cm³/mol. The van der Waals surface area contributed by atoms with E-state index in [9.17, 15) is 4.79 Å². The Morgan fingerprint density at radius 3 is 2.94 bits per heavy atom. The first-order chi connectivity index (χ1) is 8.13. The van der Waals surface area contributed by atoms with Gasteiger partial charge in [-0.3, -0.25) is 0 Å². The van der Waals surface area contributed by atoms with Gasteiger partial charge in [0.15, 0.2) is 0 Å². The number of hydrogen-bond acceptors (Lipinski definition) is 4. The third-order valence-corrected chi connectivity index (χ3v) is 2.27. The zero-order valence-corrected chi connectivity index (χ0v) is 10.3. The van der Waals surface area contributed by atoms with Gasteiger partial charge in [-0.25, -0.2) is 4.79 Å². The molecule has 1 amide bonds. The lowest BCUT2D eigenvalue weighted by Gasteiger charge is -2.10. The highest BCUT2D eigenvalue weighted by Gasteiger charge is 2.07. The maximum Gasteiger partial charge on any atom is 0.409 e. The van der Waals surface area contributed by atoms with Crippen molar-refractivity contribution in [2.45, 2.75) is 6.54 Å². The molecule has 0 saturated carbocycles. The van der Waals surface area contributed by atoms with Crippen LogP contribution in [0.3, 0.4) is 0 Å². The summed E-state index contributed by atoms with van der Waals surface area (Å²) in [5, 5.41) is 3.70. The van der Waals surface area contributed by atoms with Gasteiger partial charge in [-0.15, -0.1) is 0 Å². The Kier molecular flexibility index (Phi) is 5.76. The molecule has 0 fully saturated rings. The zero-order valence-electron chi connectivity index (χ0n) is 9.53. The Morgan fingerprint density at radius 1 is 1.53 bits per heavy atom. The molecule has 17 heavy (non-hydrogen) atoms. The topological polar surface area (TPSA) is 73.6 Å². The molecule has 0 spiro atoms. The van der Waals surface area contributed by atoms with Crippen molar-refractivity contribution in [1.29, 1.82) is 0 Å². The first-order valence-corrected chi connectivity index (χ1v) is 5.46. The Morgan fingerprint density at radius 2 is 2.29 bits per heavy atom. The lowest BCUT2D eigenvalue weighted by atomic mass is 10.2. The summed E-state index contributed by atoms with van der Waals surface area (Å²) in [6, 6.07) is 4.97. The third-order valence-electron chi connectivity index (χ3n) is 2.03. The van der Waals surface area contributed by atoms with Gasteiger partial charge in [0.1, 0.15) is 5.75 Å². The fourth-order valence-corrected chi connectivity index (χ4v) is 1.49. The average Bonchev–Trinajstić information content (AvgIpc) is 2.27. The number of rotatable bonds is 6. The Balaban J connectivity index is 2.66. The molecule has 3 N–H and O–H groups in total. The SMILES string of the molecule is COCCNCc1cc(Cl)ccc1OC(N)=O. The summed E-state index contributed by atoms with van der Waals surface area (Å²) >= 11 is 5.87. The average molecular weight is 259 g/mol. The summed E-state index contributed by atoms with van der Waals surface area (Å²) in [6.07, 6.45) is -0.842. The van der Waals surface area contributed by atoms with Crippen LogP contribution in [0.4, 0.5) is 4.79 Å². The van der Waals surface area contributed by atoms with Gasteiger partial charge in [0.2, 0.25) is 0 Å². The van der Waals surface area contributed by atoms with Crippen molar-refractivity contribution in [2.75, 3.05) is 20.3 Å². The molecule has 94 valence electrons. The van der Waals surface area contributed by atoms with Gasteiger partial charge in [0.05, 0.1) is 6.61 Å². The number of methoxy groups -OCH3 is 1. The fraction of sp³-hybridized carbons (Fsp3) is 0.364. The monoisotopic (exact) mass is 258 g/mol. The highest BCUT2D eigenvalue weighted by atomic mass is 35.5. The molecule has 1 aromatic carbocycles. The van der Waals surface area contributed by atoms with E-state index in [0.29, 0.717) is 30.5 Å². The van der Waals surface area contributed by atoms with Gasteiger partial charge >= 0.3 is 6.09 Å². The molecule has 0 atom stereocenters. The Bertz CT molecular complexity index is 385. The standard InChI is InChI=1S/C11H15ClN2O3/c1-16-5-4-14-7-8-6-9(12)2-3-10(8)17-11(13)15/h2-3,6,14H,4-5,7H2,1H3,(H2,13,15). The minimum Gasteiger partial charge on any atom is -0.410 e. The van der Waals surface area contributed by atoms with E-state index >= 15 is 0 Å². The summed E-state index contributed by atoms with van der Waals surface area (Å²) in [5.41, 5.74) is 5.74. The van der Waals surface area contributed by atoms with E-state index in [1.54, 1.807) is 25.3 Å². The number of nitrogens with one attached hydrogen (secondary N) is 1. The van der Waals surface area contributed by atoms with Gasteiger partial charge in [0.25, 0.3) is 0 Å². The van der Waals surface area contributed by atoms with Crippen LogP contribution < -0.4 is 15.8 Å². The van der Waals surface area contributed by atoms with E-state index in [4.69, 9.17) is 26.8 Å². The van der Waals surface area contributed by atoms with Gasteiger partial charge in [-0.1, -0.05) is 11.6 Å². The van der Waals surface area contributed by atoms with E-state index < -0.39 is 6.09 Å². The molecule has 0 heterocycles. The Labute approximate surface area is 105 Å². The molecule has 6 heteroatoms. The molecule has 0 bridgehead atoms. The normalized spacial score (nSPS) is 10.2. The van der Waals surface area contributed by atoms with E-state index in [-0.39, 0.29) is 0 Å². The van der Waals surface area contributed by atoms with Crippen molar-refractivity contribution in [1.82, 2.24) is 5.32 Å². The second-order valence-corrected chi connectivity index (χ2v) is 3.78. The van der Waals surface area contributed by atoms with E-state index in [1.807, 2.05) is 0 Å². The van der Waals surface area contributed by atoms with Crippen LogP contribution in [0.2, 0.25) is 5.02 Å². The summed E-state index contributed by atoms with van der Waals surface area (Å²) in [4.78, 5) is 10.7. The maximum atomic E-state index is 10.7. The lowest BCUT2D eigenvalue weighted by Crippen LogP contribution is -2.21. The van der Waals surface area contributed by atoms with Crippen LogP contribution in [0.5, 0.6) is 5.75 Å². The summed E-state index contributed by atoms with van der Waals surface area (Å²) in [5.74, 6) is 0.409. The van der Waals surface area contributed by atoms with Gasteiger partial charge in [-0.2, -0.15) is 0 Å². The number of nitrogens with two attached hydrogens (primary N) is 1. The van der Waals surface area contributed by atoms with Gasteiger partial charge in [0, 0.05) is 30.8 Å². The van der Waals surface area contributed by atoms with E-state index in [2.05, 4.69) is 5.32 Å². The summed E-state index contributed by atoms with van der Waals surface area (Å²) < 4.78 is 9.77. The number of carbonyl (C=O) groups excluding carboxylic acids is 1. The molecule has 5 nitrogen and oxygen atoms in total. The Hall–Kier alpha value is -1.30. The molecule has 0 radical (unpaired) electrons. The van der Waals surface area contributed by atoms with Gasteiger partial charge in [-0.05, 0) is 18.2 Å². The number of ether oxygens (including phenoxy) is 2. The number of primary amides is 1. The van der Waals surface area contributed by atoms with Crippen molar-refractivity contribution in [3.05, 3.63) is 28.8 Å². The zero-order chi connectivity index (χ0) is 12.7. The molecule has 0 aliphatic rings. The minimum atomic E-state index is -0.842. The molecule has 0 saturated heterocycles. The van der Waals surface area contributed by atoms with Crippen LogP contribution in [0.15, 0.2) is 18.2 Å². The van der Waals surface area contributed by atoms with Crippen LogP contribution in [-0.2, 0) is 11.3 Å². The van der Waals surface area contributed by atoms with Crippen molar-refractivity contribution in [3.63, 3.8) is 0 Å². The number of benzene rings is 1. The molecule has 0 unspecified atom stereocenters. The van der Waals surface area contributed by atoms with Crippen LogP contribution >= 0.6 is 11.6 Å². The van der Waals surface area contributed by atoms with E-state index in [1.165, 1.54) is 0 Å².